The number of primary amides is 1. The van der Waals surface area contributed by atoms with Crippen molar-refractivity contribution >= 4 is 38.0 Å². The summed E-state index contributed by atoms with van der Waals surface area (Å²) in [5.74, 6) is 0.139. The van der Waals surface area contributed by atoms with Gasteiger partial charge in [0.2, 0.25) is 0 Å². The van der Waals surface area contributed by atoms with Gasteiger partial charge in [0, 0.05) is 35.5 Å². The minimum Gasteiger partial charge on any atom is -0.493 e. The molecule has 1 aromatic heterocycles. The molecule has 28 heavy (non-hydrogen) atoms. The van der Waals surface area contributed by atoms with Gasteiger partial charge in [-0.25, -0.2) is 8.42 Å². The summed E-state index contributed by atoms with van der Waals surface area (Å²) in [4.78, 5) is 16.6. The van der Waals surface area contributed by atoms with Crippen LogP contribution in [0, 0.1) is 6.92 Å². The van der Waals surface area contributed by atoms with Crippen molar-refractivity contribution in [3.8, 4) is 5.75 Å². The zero-order valence-electron chi connectivity index (χ0n) is 15.4. The first kappa shape index (κ1) is 18.2. The SMILES string of the molecule is Cc1cc(S(C)(=O)=O)cc2c(Nc3cccc4c3CCO4)c(C(N)=O)cnc12. The van der Waals surface area contributed by atoms with Gasteiger partial charge >= 0.3 is 0 Å². The topological polar surface area (TPSA) is 111 Å². The van der Waals surface area contributed by atoms with Crippen molar-refractivity contribution in [3.05, 3.63) is 53.2 Å². The number of nitrogens with one attached hydrogen (secondary N) is 1. The van der Waals surface area contributed by atoms with Gasteiger partial charge in [-0.15, -0.1) is 0 Å². The molecule has 0 fully saturated rings. The van der Waals surface area contributed by atoms with E-state index in [-0.39, 0.29) is 10.5 Å². The number of nitrogens with zero attached hydrogens (tertiary/aromatic N) is 1. The first-order chi connectivity index (χ1) is 13.3. The van der Waals surface area contributed by atoms with E-state index in [1.54, 1.807) is 13.0 Å². The first-order valence-electron chi connectivity index (χ1n) is 8.70. The molecule has 0 spiro atoms. The summed E-state index contributed by atoms with van der Waals surface area (Å²) in [6, 6.07) is 8.73. The van der Waals surface area contributed by atoms with Crippen LogP contribution in [0.25, 0.3) is 10.9 Å². The Labute approximate surface area is 162 Å². The Morgan fingerprint density at radius 3 is 2.79 bits per heavy atom. The molecule has 0 unspecified atom stereocenters. The Morgan fingerprint density at radius 1 is 1.29 bits per heavy atom. The first-order valence-corrected chi connectivity index (χ1v) is 10.6. The van der Waals surface area contributed by atoms with Crippen LogP contribution in [0.3, 0.4) is 0 Å². The number of amides is 1. The van der Waals surface area contributed by atoms with Crippen molar-refractivity contribution in [2.24, 2.45) is 5.73 Å². The van der Waals surface area contributed by atoms with Gasteiger partial charge in [0.15, 0.2) is 9.84 Å². The van der Waals surface area contributed by atoms with Gasteiger partial charge in [-0.2, -0.15) is 0 Å². The highest BCUT2D eigenvalue weighted by Gasteiger charge is 2.21. The molecule has 1 amide bonds. The van der Waals surface area contributed by atoms with Gasteiger partial charge in [-0.1, -0.05) is 6.07 Å². The van der Waals surface area contributed by atoms with E-state index >= 15 is 0 Å². The largest absolute Gasteiger partial charge is 0.493 e. The molecule has 0 bridgehead atoms. The number of fused-ring (bicyclic) bond motifs is 2. The summed E-state index contributed by atoms with van der Waals surface area (Å²) in [5.41, 5.74) is 9.27. The molecule has 0 saturated carbocycles. The van der Waals surface area contributed by atoms with Gasteiger partial charge in [-0.3, -0.25) is 9.78 Å². The van der Waals surface area contributed by atoms with Gasteiger partial charge < -0.3 is 15.8 Å². The minimum atomic E-state index is -3.44. The van der Waals surface area contributed by atoms with Crippen molar-refractivity contribution in [1.82, 2.24) is 4.98 Å². The van der Waals surface area contributed by atoms with Gasteiger partial charge in [0.25, 0.3) is 5.91 Å². The number of benzene rings is 2. The van der Waals surface area contributed by atoms with Crippen molar-refractivity contribution in [3.63, 3.8) is 0 Å². The van der Waals surface area contributed by atoms with Gasteiger partial charge in [0.05, 0.1) is 28.3 Å². The molecule has 3 aromatic rings. The lowest BCUT2D eigenvalue weighted by Gasteiger charge is -2.16. The van der Waals surface area contributed by atoms with E-state index in [9.17, 15) is 13.2 Å². The summed E-state index contributed by atoms with van der Waals surface area (Å²) >= 11 is 0. The molecule has 2 aromatic carbocycles. The van der Waals surface area contributed by atoms with E-state index in [0.717, 1.165) is 29.7 Å². The fraction of sp³-hybridized carbons (Fsp3) is 0.200. The van der Waals surface area contributed by atoms with E-state index < -0.39 is 15.7 Å². The zero-order chi connectivity index (χ0) is 20.1. The Bertz CT molecular complexity index is 1240. The minimum absolute atomic E-state index is 0.158. The van der Waals surface area contributed by atoms with Crippen LogP contribution in [0.15, 0.2) is 41.4 Å². The molecular weight excluding hydrogens is 378 g/mol. The van der Waals surface area contributed by atoms with Crippen molar-refractivity contribution in [2.75, 3.05) is 18.2 Å². The van der Waals surface area contributed by atoms with Gasteiger partial charge in [-0.05, 0) is 36.8 Å². The van der Waals surface area contributed by atoms with E-state index in [1.165, 1.54) is 12.3 Å². The third kappa shape index (κ3) is 3.05. The lowest BCUT2D eigenvalue weighted by molar-refractivity contribution is 0.100. The fourth-order valence-electron chi connectivity index (χ4n) is 3.46. The number of ether oxygens (including phenoxy) is 1. The second-order valence-corrected chi connectivity index (χ2v) is 8.84. The number of aromatic nitrogens is 1. The van der Waals surface area contributed by atoms with Crippen LogP contribution in [0.2, 0.25) is 0 Å². The normalized spacial score (nSPS) is 13.2. The predicted molar refractivity (Wildman–Crippen MR) is 107 cm³/mol. The number of carbonyl (C=O) groups excluding carboxylic acids is 1. The van der Waals surface area contributed by atoms with Gasteiger partial charge in [0.1, 0.15) is 5.75 Å². The number of rotatable bonds is 4. The molecule has 1 aliphatic rings. The van der Waals surface area contributed by atoms with Crippen LogP contribution in [-0.4, -0.2) is 32.2 Å². The van der Waals surface area contributed by atoms with Crippen molar-refractivity contribution in [2.45, 2.75) is 18.2 Å². The summed E-state index contributed by atoms with van der Waals surface area (Å²) in [6.45, 7) is 2.37. The lowest BCUT2D eigenvalue weighted by Crippen LogP contribution is -2.15. The number of sulfone groups is 1. The number of anilines is 2. The highest BCUT2D eigenvalue weighted by atomic mass is 32.2. The van der Waals surface area contributed by atoms with Crippen molar-refractivity contribution in [1.29, 1.82) is 0 Å². The average molecular weight is 397 g/mol. The molecule has 0 saturated heterocycles. The number of nitrogens with two attached hydrogens (primary N) is 1. The summed E-state index contributed by atoms with van der Waals surface area (Å²) in [6.07, 6.45) is 3.30. The fourth-order valence-corrected chi connectivity index (χ4v) is 4.18. The summed E-state index contributed by atoms with van der Waals surface area (Å²) in [5, 5.41) is 3.81. The average Bonchev–Trinajstić information content (AvgIpc) is 3.10. The molecule has 0 radical (unpaired) electrons. The lowest BCUT2D eigenvalue weighted by atomic mass is 10.0. The molecule has 0 atom stereocenters. The maximum Gasteiger partial charge on any atom is 0.252 e. The Morgan fingerprint density at radius 2 is 2.07 bits per heavy atom. The third-order valence-corrected chi connectivity index (χ3v) is 5.92. The Balaban J connectivity index is 2.00. The van der Waals surface area contributed by atoms with Crippen LogP contribution < -0.4 is 15.8 Å². The van der Waals surface area contributed by atoms with Crippen LogP contribution in [0.5, 0.6) is 5.75 Å². The third-order valence-electron chi connectivity index (χ3n) is 4.83. The molecule has 144 valence electrons. The summed E-state index contributed by atoms with van der Waals surface area (Å²) < 4.78 is 29.8. The predicted octanol–water partition coefficient (Wildman–Crippen LogP) is 2.72. The molecule has 0 aliphatic carbocycles. The molecule has 8 heteroatoms. The maximum atomic E-state index is 12.1. The number of hydrogen-bond donors (Lipinski definition) is 2. The van der Waals surface area contributed by atoms with Crippen molar-refractivity contribution < 1.29 is 17.9 Å². The second-order valence-electron chi connectivity index (χ2n) is 6.83. The smallest absolute Gasteiger partial charge is 0.252 e. The van der Waals surface area contributed by atoms with E-state index in [4.69, 9.17) is 10.5 Å². The van der Waals surface area contributed by atoms with Crippen LogP contribution in [0.1, 0.15) is 21.5 Å². The molecule has 7 nitrogen and oxygen atoms in total. The number of pyridine rings is 1. The number of aryl methyl sites for hydroxylation is 1. The Hall–Kier alpha value is -3.13. The molecule has 1 aliphatic heterocycles. The Kier molecular flexibility index (Phi) is 4.23. The molecular formula is C20H19N3O4S. The van der Waals surface area contributed by atoms with Crippen LogP contribution in [0.4, 0.5) is 11.4 Å². The standard InChI is InChI=1S/C20H19N3O4S/c1-11-8-12(28(2,25)26)9-14-18(11)22-10-15(20(21)24)19(14)23-16-4-3-5-17-13(16)6-7-27-17/h3-5,8-10H,6-7H2,1-2H3,(H2,21,24)(H,22,23). The van der Waals surface area contributed by atoms with Crippen LogP contribution >= 0.6 is 0 Å². The monoisotopic (exact) mass is 397 g/mol. The van der Waals surface area contributed by atoms with Crippen LogP contribution in [-0.2, 0) is 16.3 Å². The van der Waals surface area contributed by atoms with E-state index in [2.05, 4.69) is 10.3 Å². The number of carbonyl (C=O) groups is 1. The number of hydrogen-bond acceptors (Lipinski definition) is 6. The van der Waals surface area contributed by atoms with E-state index in [0.29, 0.717) is 28.8 Å². The maximum absolute atomic E-state index is 12.1. The molecule has 4 rings (SSSR count). The van der Waals surface area contributed by atoms with E-state index in [1.807, 2.05) is 18.2 Å². The zero-order valence-corrected chi connectivity index (χ0v) is 16.3. The molecule has 3 N–H and O–H groups in total. The molecule has 2 heterocycles. The quantitative estimate of drug-likeness (QED) is 0.700. The highest BCUT2D eigenvalue weighted by Crippen LogP contribution is 2.37. The highest BCUT2D eigenvalue weighted by molar-refractivity contribution is 7.90. The second kappa shape index (κ2) is 6.49. The summed E-state index contributed by atoms with van der Waals surface area (Å²) in [7, 11) is -3.44.